The van der Waals surface area contributed by atoms with Crippen molar-refractivity contribution >= 4 is 28.5 Å². The molecule has 0 saturated heterocycles. The van der Waals surface area contributed by atoms with Gasteiger partial charge in [0, 0.05) is 6.08 Å². The van der Waals surface area contributed by atoms with Crippen LogP contribution in [0.5, 0.6) is 0 Å². The third-order valence-electron chi connectivity index (χ3n) is 0.341. The minimum atomic E-state index is -0.382. The smallest absolute Gasteiger partial charge is 0.242 e. The van der Waals surface area contributed by atoms with E-state index in [9.17, 15) is 4.79 Å². The molecule has 1 amide bonds. The van der Waals surface area contributed by atoms with Gasteiger partial charge in [-0.1, -0.05) is 0 Å². The van der Waals surface area contributed by atoms with E-state index in [-0.39, 0.29) is 5.91 Å². The Hall–Kier alpha value is -0.0600. The van der Waals surface area contributed by atoms with Crippen molar-refractivity contribution in [2.24, 2.45) is 5.73 Å². The molecular weight excluding hydrogens is 205 g/mol. The van der Waals surface area contributed by atoms with E-state index in [0.29, 0.717) is 0 Å². The molecule has 2 nitrogen and oxygen atoms in total. The second-order valence-electron chi connectivity index (χ2n) is 1.13. The topological polar surface area (TPSA) is 43.1 Å². The highest BCUT2D eigenvalue weighted by molar-refractivity contribution is 14.1. The molecule has 0 spiro atoms. The highest BCUT2D eigenvalue weighted by atomic mass is 127. The van der Waals surface area contributed by atoms with Gasteiger partial charge >= 0.3 is 0 Å². The van der Waals surface area contributed by atoms with Crippen LogP contribution >= 0.6 is 22.6 Å². The van der Waals surface area contributed by atoms with E-state index in [4.69, 9.17) is 5.73 Å². The molecule has 0 unspecified atom stereocenters. The van der Waals surface area contributed by atoms with E-state index in [0.717, 1.165) is 3.58 Å². The summed E-state index contributed by atoms with van der Waals surface area (Å²) in [4.78, 5) is 9.95. The fraction of sp³-hybridized carbons (Fsp3) is 0.250. The minimum Gasteiger partial charge on any atom is -0.366 e. The first-order valence-corrected chi connectivity index (χ1v) is 2.84. The Kier molecular flexibility index (Phi) is 2.98. The van der Waals surface area contributed by atoms with E-state index in [1.807, 2.05) is 29.5 Å². The number of halogens is 1. The van der Waals surface area contributed by atoms with Gasteiger partial charge in [0.1, 0.15) is 0 Å². The summed E-state index contributed by atoms with van der Waals surface area (Å²) < 4.78 is 0.908. The molecule has 7 heavy (non-hydrogen) atoms. The predicted molar refractivity (Wildman–Crippen MR) is 37.0 cm³/mol. The van der Waals surface area contributed by atoms with Gasteiger partial charge in [0.2, 0.25) is 5.91 Å². The van der Waals surface area contributed by atoms with Crippen molar-refractivity contribution in [1.29, 1.82) is 0 Å². The third kappa shape index (κ3) is 5.94. The number of rotatable bonds is 1. The number of primary amides is 1. The average molecular weight is 211 g/mol. The SMILES string of the molecule is CC(I)=CC(N)=O. The molecule has 0 rings (SSSR count). The molecule has 40 valence electrons. The molecular formula is C4H6INO. The second-order valence-corrected chi connectivity index (χ2v) is 2.84. The van der Waals surface area contributed by atoms with Gasteiger partial charge in [0.15, 0.2) is 0 Å². The van der Waals surface area contributed by atoms with Crippen LogP contribution in [0.15, 0.2) is 9.66 Å². The van der Waals surface area contributed by atoms with E-state index in [2.05, 4.69) is 0 Å². The monoisotopic (exact) mass is 211 g/mol. The van der Waals surface area contributed by atoms with Gasteiger partial charge in [-0.3, -0.25) is 4.79 Å². The summed E-state index contributed by atoms with van der Waals surface area (Å²) in [6.07, 6.45) is 1.38. The Morgan fingerprint density at radius 2 is 2.29 bits per heavy atom. The van der Waals surface area contributed by atoms with Crippen molar-refractivity contribution in [3.05, 3.63) is 9.66 Å². The van der Waals surface area contributed by atoms with E-state index in [1.54, 1.807) is 0 Å². The van der Waals surface area contributed by atoms with Crippen LogP contribution in [-0.4, -0.2) is 5.91 Å². The largest absolute Gasteiger partial charge is 0.366 e. The third-order valence-corrected chi connectivity index (χ3v) is 0.653. The van der Waals surface area contributed by atoms with Crippen molar-refractivity contribution in [1.82, 2.24) is 0 Å². The Bertz CT molecular complexity index is 104. The molecule has 0 aliphatic carbocycles. The molecule has 0 heterocycles. The number of carbonyl (C=O) groups excluding carboxylic acids is 1. The predicted octanol–water partition coefficient (Wildman–Crippen LogP) is 0.811. The molecule has 3 heteroatoms. The van der Waals surface area contributed by atoms with Gasteiger partial charge in [-0.25, -0.2) is 0 Å². The summed E-state index contributed by atoms with van der Waals surface area (Å²) in [6.45, 7) is 1.81. The van der Waals surface area contributed by atoms with Crippen LogP contribution in [0.1, 0.15) is 6.92 Å². The van der Waals surface area contributed by atoms with E-state index < -0.39 is 0 Å². The van der Waals surface area contributed by atoms with E-state index in [1.165, 1.54) is 6.08 Å². The zero-order valence-corrected chi connectivity index (χ0v) is 6.10. The van der Waals surface area contributed by atoms with Gasteiger partial charge in [-0.05, 0) is 33.1 Å². The maximum atomic E-state index is 9.95. The summed E-state index contributed by atoms with van der Waals surface area (Å²) in [5.41, 5.74) is 4.77. The Labute approximate surface area is 55.9 Å². The highest BCUT2D eigenvalue weighted by Gasteiger charge is 1.82. The number of carbonyl (C=O) groups is 1. The molecule has 0 fully saturated rings. The lowest BCUT2D eigenvalue weighted by atomic mass is 10.5. The van der Waals surface area contributed by atoms with Gasteiger partial charge in [0.25, 0.3) is 0 Å². The average Bonchev–Trinajstić information content (AvgIpc) is 1.27. The van der Waals surface area contributed by atoms with Gasteiger partial charge in [0.05, 0.1) is 0 Å². The highest BCUT2D eigenvalue weighted by Crippen LogP contribution is 2.00. The summed E-state index contributed by atoms with van der Waals surface area (Å²) in [5, 5.41) is 0. The Balaban J connectivity index is 3.68. The number of hydrogen-bond donors (Lipinski definition) is 1. The molecule has 0 atom stereocenters. The molecule has 2 N–H and O–H groups in total. The van der Waals surface area contributed by atoms with Crippen LogP contribution < -0.4 is 5.73 Å². The molecule has 0 aliphatic rings. The fourth-order valence-electron chi connectivity index (χ4n) is 0.196. The second kappa shape index (κ2) is 3.01. The molecule has 0 saturated carbocycles. The standard InChI is InChI=1S/C4H6INO/c1-3(5)2-4(6)7/h2H,1H3,(H2,6,7). The maximum Gasteiger partial charge on any atom is 0.242 e. The first-order valence-electron chi connectivity index (χ1n) is 1.76. The van der Waals surface area contributed by atoms with Crippen LogP contribution in [0.25, 0.3) is 0 Å². The summed E-state index contributed by atoms with van der Waals surface area (Å²) in [6, 6.07) is 0. The van der Waals surface area contributed by atoms with Crippen LogP contribution in [0.2, 0.25) is 0 Å². The number of amides is 1. The number of hydrogen-bond acceptors (Lipinski definition) is 1. The summed E-state index contributed by atoms with van der Waals surface area (Å²) in [7, 11) is 0. The lowest BCUT2D eigenvalue weighted by Crippen LogP contribution is -2.05. The quantitative estimate of drug-likeness (QED) is 0.506. The molecule has 0 aliphatic heterocycles. The van der Waals surface area contributed by atoms with Crippen molar-refractivity contribution < 1.29 is 4.79 Å². The first-order chi connectivity index (χ1) is 3.13. The zero-order valence-electron chi connectivity index (χ0n) is 3.94. The van der Waals surface area contributed by atoms with E-state index >= 15 is 0 Å². The lowest BCUT2D eigenvalue weighted by Gasteiger charge is -1.78. The van der Waals surface area contributed by atoms with Gasteiger partial charge in [-0.15, -0.1) is 0 Å². The normalized spacial score (nSPS) is 11.4. The summed E-state index contributed by atoms with van der Waals surface area (Å²) in [5.74, 6) is -0.382. The maximum absolute atomic E-state index is 9.95. The Morgan fingerprint density at radius 1 is 1.86 bits per heavy atom. The number of nitrogens with two attached hydrogens (primary N) is 1. The molecule has 0 bridgehead atoms. The minimum absolute atomic E-state index is 0.382. The van der Waals surface area contributed by atoms with Crippen LogP contribution in [0.3, 0.4) is 0 Å². The van der Waals surface area contributed by atoms with Gasteiger partial charge < -0.3 is 5.73 Å². The Morgan fingerprint density at radius 3 is 2.29 bits per heavy atom. The molecule has 0 aromatic carbocycles. The molecule has 0 radical (unpaired) electrons. The van der Waals surface area contributed by atoms with Crippen molar-refractivity contribution in [3.8, 4) is 0 Å². The van der Waals surface area contributed by atoms with Crippen molar-refractivity contribution in [3.63, 3.8) is 0 Å². The molecule has 0 aromatic rings. The lowest BCUT2D eigenvalue weighted by molar-refractivity contribution is -0.113. The van der Waals surface area contributed by atoms with Crippen LogP contribution in [0, 0.1) is 0 Å². The van der Waals surface area contributed by atoms with Gasteiger partial charge in [-0.2, -0.15) is 0 Å². The number of allylic oxidation sites excluding steroid dienone is 1. The summed E-state index contributed by atoms with van der Waals surface area (Å²) >= 11 is 2.02. The van der Waals surface area contributed by atoms with Crippen LogP contribution in [0.4, 0.5) is 0 Å². The fourth-order valence-corrected chi connectivity index (χ4v) is 0.503. The first kappa shape index (κ1) is 6.94. The zero-order chi connectivity index (χ0) is 5.86. The van der Waals surface area contributed by atoms with Crippen LogP contribution in [-0.2, 0) is 4.79 Å². The van der Waals surface area contributed by atoms with Crippen molar-refractivity contribution in [2.75, 3.05) is 0 Å². The molecule has 0 aromatic heterocycles. The van der Waals surface area contributed by atoms with Crippen molar-refractivity contribution in [2.45, 2.75) is 6.92 Å².